The van der Waals surface area contributed by atoms with Gasteiger partial charge in [0.15, 0.2) is 0 Å². The first-order valence-corrected chi connectivity index (χ1v) is 14.7. The highest BCUT2D eigenvalue weighted by Gasteiger charge is 2.31. The van der Waals surface area contributed by atoms with Crippen LogP contribution in [-0.2, 0) is 26.2 Å². The Kier molecular flexibility index (Phi) is 9.97. The van der Waals surface area contributed by atoms with Gasteiger partial charge >= 0.3 is 0 Å². The summed E-state index contributed by atoms with van der Waals surface area (Å²) in [5.74, 6) is -1.02. The molecule has 0 heterocycles. The van der Waals surface area contributed by atoms with E-state index in [-0.39, 0.29) is 34.9 Å². The molecule has 1 aliphatic rings. The molecule has 2 aromatic rings. The molecule has 1 fully saturated rings. The topological polar surface area (TPSA) is 130 Å². The second-order valence-electron chi connectivity index (χ2n) is 9.34. The maximum absolute atomic E-state index is 13.6. The third-order valence-corrected chi connectivity index (χ3v) is 8.34. The van der Waals surface area contributed by atoms with Crippen molar-refractivity contribution >= 4 is 56.4 Å². The number of halogens is 2. The number of carbonyl (C=O) groups is 2. The van der Waals surface area contributed by atoms with Crippen LogP contribution in [0.3, 0.4) is 0 Å². The molecule has 0 bridgehead atoms. The minimum absolute atomic E-state index is 0.0121. The summed E-state index contributed by atoms with van der Waals surface area (Å²) in [6, 6.07) is 8.88. The highest BCUT2D eigenvalue weighted by Crippen LogP contribution is 2.26. The fraction of sp³-hybridized carbons (Fsp3) is 0.440. The molecule has 1 atom stereocenters. The zero-order chi connectivity index (χ0) is 28.0. The van der Waals surface area contributed by atoms with Gasteiger partial charge in [-0.1, -0.05) is 54.6 Å². The van der Waals surface area contributed by atoms with Gasteiger partial charge in [-0.05, 0) is 43.5 Å². The van der Waals surface area contributed by atoms with Gasteiger partial charge in [-0.25, -0.2) is 8.42 Å². The number of nitrogens with zero attached hydrogens (tertiary/aromatic N) is 3. The van der Waals surface area contributed by atoms with Gasteiger partial charge in [0.05, 0.1) is 26.9 Å². The molecular formula is C25H30Cl2N4O6S. The molecular weight excluding hydrogens is 555 g/mol. The van der Waals surface area contributed by atoms with Crippen LogP contribution in [0.4, 0.5) is 11.4 Å². The van der Waals surface area contributed by atoms with Crippen molar-refractivity contribution in [3.05, 3.63) is 68.2 Å². The second-order valence-corrected chi connectivity index (χ2v) is 12.1. The van der Waals surface area contributed by atoms with Crippen LogP contribution in [0.5, 0.6) is 0 Å². The number of sulfonamides is 1. The summed E-state index contributed by atoms with van der Waals surface area (Å²) in [4.78, 5) is 38.7. The summed E-state index contributed by atoms with van der Waals surface area (Å²) in [6.45, 7) is 0.871. The van der Waals surface area contributed by atoms with Crippen molar-refractivity contribution in [3.63, 3.8) is 0 Å². The van der Waals surface area contributed by atoms with Crippen LogP contribution in [0.25, 0.3) is 0 Å². The molecule has 38 heavy (non-hydrogen) atoms. The first kappa shape index (κ1) is 29.7. The van der Waals surface area contributed by atoms with E-state index in [0.717, 1.165) is 48.7 Å². The molecule has 0 aliphatic heterocycles. The summed E-state index contributed by atoms with van der Waals surface area (Å²) in [5, 5.41) is 14.8. The van der Waals surface area contributed by atoms with Gasteiger partial charge in [-0.15, -0.1) is 0 Å². The van der Waals surface area contributed by atoms with E-state index in [1.54, 1.807) is 25.1 Å². The number of amides is 2. The SMILES string of the molecule is C[C@@H](C(=O)NC1CCCCC1)N(Cc1ccc(Cl)c(Cl)c1)C(=O)CN(c1cccc([N+](=O)[O-])c1)S(C)(=O)=O. The van der Waals surface area contributed by atoms with Crippen molar-refractivity contribution in [1.29, 1.82) is 0 Å². The Balaban J connectivity index is 1.91. The number of anilines is 1. The number of non-ortho nitro benzene ring substituents is 1. The van der Waals surface area contributed by atoms with Crippen LogP contribution in [0.1, 0.15) is 44.6 Å². The van der Waals surface area contributed by atoms with Crippen LogP contribution in [0, 0.1) is 10.1 Å². The normalized spacial score (nSPS) is 14.9. The lowest BCUT2D eigenvalue weighted by Crippen LogP contribution is -2.52. The monoisotopic (exact) mass is 584 g/mol. The van der Waals surface area contributed by atoms with E-state index in [2.05, 4.69) is 5.32 Å². The average Bonchev–Trinajstić information content (AvgIpc) is 2.87. The number of benzene rings is 2. The summed E-state index contributed by atoms with van der Waals surface area (Å²) in [7, 11) is -4.02. The zero-order valence-electron chi connectivity index (χ0n) is 21.1. The molecule has 10 nitrogen and oxygen atoms in total. The van der Waals surface area contributed by atoms with Crippen LogP contribution < -0.4 is 9.62 Å². The van der Waals surface area contributed by atoms with E-state index in [1.165, 1.54) is 23.1 Å². The summed E-state index contributed by atoms with van der Waals surface area (Å²) < 4.78 is 26.1. The summed E-state index contributed by atoms with van der Waals surface area (Å²) >= 11 is 12.2. The van der Waals surface area contributed by atoms with Crippen molar-refractivity contribution in [2.24, 2.45) is 0 Å². The number of nitrogens with one attached hydrogen (secondary N) is 1. The Morgan fingerprint density at radius 3 is 2.39 bits per heavy atom. The van der Waals surface area contributed by atoms with E-state index in [9.17, 15) is 28.1 Å². The molecule has 206 valence electrons. The number of carbonyl (C=O) groups excluding carboxylic acids is 2. The quantitative estimate of drug-likeness (QED) is 0.322. The van der Waals surface area contributed by atoms with Gasteiger partial charge < -0.3 is 10.2 Å². The first-order valence-electron chi connectivity index (χ1n) is 12.1. The summed E-state index contributed by atoms with van der Waals surface area (Å²) in [5.41, 5.74) is 0.228. The van der Waals surface area contributed by atoms with Gasteiger partial charge in [-0.3, -0.25) is 24.0 Å². The second kappa shape index (κ2) is 12.8. The largest absolute Gasteiger partial charge is 0.352 e. The zero-order valence-corrected chi connectivity index (χ0v) is 23.4. The molecule has 1 N–H and O–H groups in total. The van der Waals surface area contributed by atoms with Crippen molar-refractivity contribution in [2.45, 2.75) is 57.7 Å². The Morgan fingerprint density at radius 1 is 1.11 bits per heavy atom. The predicted octanol–water partition coefficient (Wildman–Crippen LogP) is 4.53. The lowest BCUT2D eigenvalue weighted by atomic mass is 9.95. The Hall–Kier alpha value is -2.89. The van der Waals surface area contributed by atoms with Crippen molar-refractivity contribution in [3.8, 4) is 0 Å². The van der Waals surface area contributed by atoms with Gasteiger partial charge in [0.25, 0.3) is 5.69 Å². The maximum Gasteiger partial charge on any atom is 0.271 e. The number of hydrogen-bond donors (Lipinski definition) is 1. The number of nitro groups is 1. The van der Waals surface area contributed by atoms with Crippen molar-refractivity contribution in [2.75, 3.05) is 17.1 Å². The van der Waals surface area contributed by atoms with Gasteiger partial charge in [0.1, 0.15) is 12.6 Å². The molecule has 0 radical (unpaired) electrons. The fourth-order valence-electron chi connectivity index (χ4n) is 4.36. The molecule has 2 aromatic carbocycles. The number of hydrogen-bond acceptors (Lipinski definition) is 6. The van der Waals surface area contributed by atoms with Crippen molar-refractivity contribution < 1.29 is 22.9 Å². The van der Waals surface area contributed by atoms with E-state index in [4.69, 9.17) is 23.2 Å². The maximum atomic E-state index is 13.6. The number of nitro benzene ring substituents is 1. The smallest absolute Gasteiger partial charge is 0.271 e. The molecule has 13 heteroatoms. The van der Waals surface area contributed by atoms with Crippen LogP contribution in [0.15, 0.2) is 42.5 Å². The van der Waals surface area contributed by atoms with Gasteiger partial charge in [-0.2, -0.15) is 0 Å². The minimum atomic E-state index is -4.02. The molecule has 0 unspecified atom stereocenters. The third kappa shape index (κ3) is 7.81. The summed E-state index contributed by atoms with van der Waals surface area (Å²) in [6.07, 6.45) is 5.75. The molecule has 0 spiro atoms. The lowest BCUT2D eigenvalue weighted by molar-refractivity contribution is -0.384. The Morgan fingerprint density at radius 2 is 1.79 bits per heavy atom. The average molecular weight is 586 g/mol. The fourth-order valence-corrected chi connectivity index (χ4v) is 5.52. The minimum Gasteiger partial charge on any atom is -0.352 e. The van der Waals surface area contributed by atoms with Crippen LogP contribution >= 0.6 is 23.2 Å². The molecule has 1 saturated carbocycles. The third-order valence-electron chi connectivity index (χ3n) is 6.46. The molecule has 0 aromatic heterocycles. The van der Waals surface area contributed by atoms with Crippen LogP contribution in [-0.4, -0.2) is 54.9 Å². The lowest BCUT2D eigenvalue weighted by Gasteiger charge is -2.33. The first-order chi connectivity index (χ1) is 17.9. The molecule has 0 saturated heterocycles. The molecule has 3 rings (SSSR count). The predicted molar refractivity (Wildman–Crippen MR) is 147 cm³/mol. The highest BCUT2D eigenvalue weighted by molar-refractivity contribution is 7.92. The highest BCUT2D eigenvalue weighted by atomic mass is 35.5. The van der Waals surface area contributed by atoms with E-state index in [1.807, 2.05) is 0 Å². The standard InChI is InChI=1S/C25H30Cl2N4O6S/c1-17(25(33)28-19-7-4-3-5-8-19)29(15-18-11-12-22(26)23(27)13-18)24(32)16-30(38(2,36)37)20-9-6-10-21(14-20)31(34)35/h6,9-14,17,19H,3-5,7-8,15-16H2,1-2H3,(H,28,33)/t17-/m0/s1. The van der Waals surface area contributed by atoms with E-state index in [0.29, 0.717) is 10.6 Å². The van der Waals surface area contributed by atoms with Crippen LogP contribution in [0.2, 0.25) is 10.0 Å². The van der Waals surface area contributed by atoms with Gasteiger partial charge in [0, 0.05) is 24.7 Å². The van der Waals surface area contributed by atoms with E-state index >= 15 is 0 Å². The number of rotatable bonds is 10. The Bertz CT molecular complexity index is 1300. The Labute approximate surface area is 232 Å². The van der Waals surface area contributed by atoms with Crippen molar-refractivity contribution in [1.82, 2.24) is 10.2 Å². The molecule has 1 aliphatic carbocycles. The van der Waals surface area contributed by atoms with E-state index < -0.39 is 33.4 Å². The van der Waals surface area contributed by atoms with Gasteiger partial charge in [0.2, 0.25) is 21.8 Å². The molecule has 2 amide bonds.